The quantitative estimate of drug-likeness (QED) is 0.678. The molecule has 0 aliphatic heterocycles. The first-order valence-electron chi connectivity index (χ1n) is 7.57. The molecule has 1 amide bonds. The topological polar surface area (TPSA) is 54.0 Å². The molecule has 1 heterocycles. The van der Waals surface area contributed by atoms with Crippen LogP contribution in [0.1, 0.15) is 16.1 Å². The van der Waals surface area contributed by atoms with Gasteiger partial charge in [0, 0.05) is 16.4 Å². The second kappa shape index (κ2) is 7.32. The van der Waals surface area contributed by atoms with E-state index < -0.39 is 11.7 Å². The number of halogens is 2. The second-order valence-corrected chi connectivity index (χ2v) is 5.92. The summed E-state index contributed by atoms with van der Waals surface area (Å²) in [4.78, 5) is 16.3. The summed E-state index contributed by atoms with van der Waals surface area (Å²) in [7, 11) is 0. The van der Waals surface area contributed by atoms with Crippen LogP contribution in [0.4, 0.5) is 21.5 Å². The number of carbonyl (C=O) groups is 1. The average Bonchev–Trinajstić information content (AvgIpc) is 2.59. The number of hydrogen-bond donors (Lipinski definition) is 2. The Kier molecular flexibility index (Phi) is 4.95. The first-order valence-corrected chi connectivity index (χ1v) is 7.95. The number of nitrogens with one attached hydrogen (secondary N) is 2. The standard InChI is InChI=1S/C19H15ClFN3O/c1-12-5-6-13(20)9-18(12)23-16-7-8-17(22-11-16)19(25)24-15-4-2-3-14(21)10-15/h2-11,23H,1H3,(H,24,25). The van der Waals surface area contributed by atoms with Crippen LogP contribution in [0.5, 0.6) is 0 Å². The van der Waals surface area contributed by atoms with E-state index in [1.165, 1.54) is 18.2 Å². The summed E-state index contributed by atoms with van der Waals surface area (Å²) in [6, 6.07) is 14.6. The van der Waals surface area contributed by atoms with Crippen LogP contribution in [0.15, 0.2) is 60.8 Å². The SMILES string of the molecule is Cc1ccc(Cl)cc1Nc1ccc(C(=O)Nc2cccc(F)c2)nc1. The van der Waals surface area contributed by atoms with E-state index in [9.17, 15) is 9.18 Å². The third-order valence-corrected chi connectivity index (χ3v) is 3.79. The van der Waals surface area contributed by atoms with Crippen LogP contribution in [-0.4, -0.2) is 10.9 Å². The molecule has 1 aromatic heterocycles. The second-order valence-electron chi connectivity index (χ2n) is 5.48. The van der Waals surface area contributed by atoms with Crippen molar-refractivity contribution in [3.8, 4) is 0 Å². The fourth-order valence-corrected chi connectivity index (χ4v) is 2.42. The van der Waals surface area contributed by atoms with Crippen molar-refractivity contribution < 1.29 is 9.18 Å². The Hall–Kier alpha value is -2.92. The number of anilines is 3. The minimum atomic E-state index is -0.415. The highest BCUT2D eigenvalue weighted by molar-refractivity contribution is 6.30. The van der Waals surface area contributed by atoms with E-state index in [0.717, 1.165) is 16.9 Å². The van der Waals surface area contributed by atoms with Gasteiger partial charge in [0.15, 0.2) is 0 Å². The zero-order chi connectivity index (χ0) is 17.8. The van der Waals surface area contributed by atoms with Crippen LogP contribution in [0.3, 0.4) is 0 Å². The molecule has 0 unspecified atom stereocenters. The Labute approximate surface area is 149 Å². The van der Waals surface area contributed by atoms with Gasteiger partial charge in [-0.05, 0) is 55.0 Å². The summed E-state index contributed by atoms with van der Waals surface area (Å²) in [6.07, 6.45) is 1.56. The molecule has 0 fully saturated rings. The first kappa shape index (κ1) is 16.9. The summed E-state index contributed by atoms with van der Waals surface area (Å²) >= 11 is 6.00. The van der Waals surface area contributed by atoms with Crippen molar-refractivity contribution >= 4 is 34.6 Å². The smallest absolute Gasteiger partial charge is 0.274 e. The number of pyridine rings is 1. The number of benzene rings is 2. The van der Waals surface area contributed by atoms with Gasteiger partial charge in [0.25, 0.3) is 5.91 Å². The van der Waals surface area contributed by atoms with Crippen molar-refractivity contribution in [3.63, 3.8) is 0 Å². The van der Waals surface area contributed by atoms with Gasteiger partial charge in [0.2, 0.25) is 0 Å². The lowest BCUT2D eigenvalue weighted by Gasteiger charge is -2.10. The molecule has 0 radical (unpaired) electrons. The van der Waals surface area contributed by atoms with Gasteiger partial charge >= 0.3 is 0 Å². The van der Waals surface area contributed by atoms with Crippen LogP contribution < -0.4 is 10.6 Å². The van der Waals surface area contributed by atoms with E-state index in [1.807, 2.05) is 25.1 Å². The molecule has 4 nitrogen and oxygen atoms in total. The van der Waals surface area contributed by atoms with Gasteiger partial charge in [-0.15, -0.1) is 0 Å². The average molecular weight is 356 g/mol. The highest BCUT2D eigenvalue weighted by atomic mass is 35.5. The van der Waals surface area contributed by atoms with Crippen LogP contribution in [0.2, 0.25) is 5.02 Å². The third kappa shape index (κ3) is 4.33. The Morgan fingerprint density at radius 2 is 1.92 bits per heavy atom. The largest absolute Gasteiger partial charge is 0.354 e. The number of nitrogens with zero attached hydrogens (tertiary/aromatic N) is 1. The van der Waals surface area contributed by atoms with Crippen molar-refractivity contribution in [2.24, 2.45) is 0 Å². The van der Waals surface area contributed by atoms with Crippen molar-refractivity contribution in [3.05, 3.63) is 82.9 Å². The molecule has 0 atom stereocenters. The number of hydrogen-bond acceptors (Lipinski definition) is 3. The van der Waals surface area contributed by atoms with E-state index in [1.54, 1.807) is 24.4 Å². The zero-order valence-corrected chi connectivity index (χ0v) is 14.1. The number of amides is 1. The molecule has 0 bridgehead atoms. The normalized spacial score (nSPS) is 10.4. The Morgan fingerprint density at radius 3 is 2.64 bits per heavy atom. The molecular weight excluding hydrogens is 341 g/mol. The molecule has 3 aromatic rings. The lowest BCUT2D eigenvalue weighted by Crippen LogP contribution is -2.13. The fourth-order valence-electron chi connectivity index (χ4n) is 2.25. The number of aromatic nitrogens is 1. The number of carbonyl (C=O) groups excluding carboxylic acids is 1. The predicted molar refractivity (Wildman–Crippen MR) is 98.1 cm³/mol. The van der Waals surface area contributed by atoms with Crippen molar-refractivity contribution in [1.82, 2.24) is 4.98 Å². The van der Waals surface area contributed by atoms with Gasteiger partial charge in [-0.2, -0.15) is 0 Å². The lowest BCUT2D eigenvalue weighted by atomic mass is 10.2. The van der Waals surface area contributed by atoms with Crippen LogP contribution in [0, 0.1) is 12.7 Å². The lowest BCUT2D eigenvalue weighted by molar-refractivity contribution is 0.102. The maximum Gasteiger partial charge on any atom is 0.274 e. The molecule has 0 saturated carbocycles. The van der Waals surface area contributed by atoms with Crippen molar-refractivity contribution in [2.75, 3.05) is 10.6 Å². The van der Waals surface area contributed by atoms with Gasteiger partial charge in [-0.3, -0.25) is 4.79 Å². The fraction of sp³-hybridized carbons (Fsp3) is 0.0526. The molecule has 0 saturated heterocycles. The molecule has 2 N–H and O–H groups in total. The summed E-state index contributed by atoms with van der Waals surface area (Å²) in [5.41, 5.74) is 3.25. The molecule has 126 valence electrons. The highest BCUT2D eigenvalue weighted by Gasteiger charge is 2.08. The minimum Gasteiger partial charge on any atom is -0.354 e. The third-order valence-electron chi connectivity index (χ3n) is 3.56. The van der Waals surface area contributed by atoms with Crippen LogP contribution >= 0.6 is 11.6 Å². The summed E-state index contributed by atoms with van der Waals surface area (Å²) < 4.78 is 13.2. The zero-order valence-electron chi connectivity index (χ0n) is 13.4. The first-order chi connectivity index (χ1) is 12.0. The van der Waals surface area contributed by atoms with Gasteiger partial charge in [0.05, 0.1) is 11.9 Å². The van der Waals surface area contributed by atoms with Gasteiger partial charge < -0.3 is 10.6 Å². The maximum absolute atomic E-state index is 13.2. The molecule has 3 rings (SSSR count). The van der Waals surface area contributed by atoms with Gasteiger partial charge in [0.1, 0.15) is 11.5 Å². The predicted octanol–water partition coefficient (Wildman–Crippen LogP) is 5.18. The monoisotopic (exact) mass is 355 g/mol. The summed E-state index contributed by atoms with van der Waals surface area (Å²) in [5.74, 6) is -0.821. The van der Waals surface area contributed by atoms with E-state index in [0.29, 0.717) is 10.7 Å². The molecule has 25 heavy (non-hydrogen) atoms. The molecular formula is C19H15ClFN3O. The minimum absolute atomic E-state index is 0.234. The maximum atomic E-state index is 13.2. The van der Waals surface area contributed by atoms with Gasteiger partial charge in [-0.25, -0.2) is 9.37 Å². The molecule has 2 aromatic carbocycles. The van der Waals surface area contributed by atoms with E-state index in [4.69, 9.17) is 11.6 Å². The summed E-state index contributed by atoms with van der Waals surface area (Å²) in [6.45, 7) is 1.97. The van der Waals surface area contributed by atoms with E-state index in [2.05, 4.69) is 15.6 Å². The molecule has 0 spiro atoms. The van der Waals surface area contributed by atoms with E-state index in [-0.39, 0.29) is 5.69 Å². The highest BCUT2D eigenvalue weighted by Crippen LogP contribution is 2.24. The van der Waals surface area contributed by atoms with Gasteiger partial charge in [-0.1, -0.05) is 23.7 Å². The summed E-state index contributed by atoms with van der Waals surface area (Å²) in [5, 5.41) is 6.45. The van der Waals surface area contributed by atoms with Crippen LogP contribution in [0.25, 0.3) is 0 Å². The molecule has 0 aliphatic carbocycles. The Bertz CT molecular complexity index is 913. The molecule has 6 heteroatoms. The van der Waals surface area contributed by atoms with E-state index >= 15 is 0 Å². The van der Waals surface area contributed by atoms with Crippen molar-refractivity contribution in [1.29, 1.82) is 0 Å². The van der Waals surface area contributed by atoms with Crippen molar-refractivity contribution in [2.45, 2.75) is 6.92 Å². The Balaban J connectivity index is 1.71. The Morgan fingerprint density at radius 1 is 1.08 bits per heavy atom. The molecule has 0 aliphatic rings. The number of aryl methyl sites for hydroxylation is 1. The number of rotatable bonds is 4. The van der Waals surface area contributed by atoms with Crippen LogP contribution in [-0.2, 0) is 0 Å².